The smallest absolute Gasteiger partial charge is 0.306 e. The first-order chi connectivity index (χ1) is 35.0. The number of unbranched alkanes of at least 4 members (excludes halogenated alkanes) is 11. The zero-order chi connectivity index (χ0) is 51.4. The van der Waals surface area contributed by atoms with Crippen molar-refractivity contribution in [1.82, 2.24) is 0 Å². The lowest BCUT2D eigenvalue weighted by Gasteiger charge is -2.18. The fourth-order valence-electron chi connectivity index (χ4n) is 6.92. The number of ether oxygens (including phenoxy) is 3. The highest BCUT2D eigenvalue weighted by atomic mass is 16.6. The van der Waals surface area contributed by atoms with Gasteiger partial charge in [-0.25, -0.2) is 0 Å². The van der Waals surface area contributed by atoms with Crippen LogP contribution in [0.4, 0.5) is 0 Å². The van der Waals surface area contributed by atoms with E-state index in [0.29, 0.717) is 19.3 Å². The number of hydrogen-bond acceptors (Lipinski definition) is 6. The van der Waals surface area contributed by atoms with Crippen molar-refractivity contribution >= 4 is 17.9 Å². The van der Waals surface area contributed by atoms with E-state index in [1.165, 1.54) is 19.3 Å². The molecular formula is C65H100O6. The van der Waals surface area contributed by atoms with Crippen LogP contribution in [0.2, 0.25) is 0 Å². The summed E-state index contributed by atoms with van der Waals surface area (Å²) in [7, 11) is 0. The van der Waals surface area contributed by atoms with E-state index >= 15 is 0 Å². The van der Waals surface area contributed by atoms with Crippen molar-refractivity contribution in [3.63, 3.8) is 0 Å². The van der Waals surface area contributed by atoms with E-state index in [4.69, 9.17) is 14.2 Å². The van der Waals surface area contributed by atoms with Crippen LogP contribution in [0, 0.1) is 0 Å². The molecule has 0 aliphatic carbocycles. The van der Waals surface area contributed by atoms with Gasteiger partial charge in [-0.05, 0) is 141 Å². The van der Waals surface area contributed by atoms with Gasteiger partial charge in [0.25, 0.3) is 0 Å². The molecule has 6 nitrogen and oxygen atoms in total. The predicted octanol–water partition coefficient (Wildman–Crippen LogP) is 19.0. The number of rotatable bonds is 48. The van der Waals surface area contributed by atoms with Gasteiger partial charge < -0.3 is 14.2 Å². The molecule has 0 aromatic carbocycles. The Kier molecular flexibility index (Phi) is 53.6. The fraction of sp³-hybridized carbons (Fsp3) is 0.554. The molecule has 0 amide bonds. The van der Waals surface area contributed by atoms with Crippen LogP contribution in [0.25, 0.3) is 0 Å². The normalized spacial score (nSPS) is 13.3. The zero-order valence-electron chi connectivity index (χ0n) is 45.2. The molecule has 0 rings (SSSR count). The summed E-state index contributed by atoms with van der Waals surface area (Å²) in [6.07, 6.45) is 83.8. The van der Waals surface area contributed by atoms with Crippen molar-refractivity contribution in [1.29, 1.82) is 0 Å². The van der Waals surface area contributed by atoms with Gasteiger partial charge in [-0.3, -0.25) is 14.4 Å². The molecule has 0 aromatic heterocycles. The third-order valence-corrected chi connectivity index (χ3v) is 11.0. The number of allylic oxidation sites excluding steroid dienone is 26. The lowest BCUT2D eigenvalue weighted by Crippen LogP contribution is -2.30. The van der Waals surface area contributed by atoms with Gasteiger partial charge in [0.1, 0.15) is 13.2 Å². The molecule has 0 heterocycles. The maximum atomic E-state index is 12.9. The van der Waals surface area contributed by atoms with Crippen LogP contribution in [-0.4, -0.2) is 37.2 Å². The molecule has 1 atom stereocenters. The Bertz CT molecular complexity index is 1640. The average Bonchev–Trinajstić information content (AvgIpc) is 3.37. The lowest BCUT2D eigenvalue weighted by atomic mass is 10.1. The Morgan fingerprint density at radius 3 is 0.817 bits per heavy atom. The topological polar surface area (TPSA) is 78.9 Å². The van der Waals surface area contributed by atoms with Crippen molar-refractivity contribution < 1.29 is 28.6 Å². The quantitative estimate of drug-likeness (QED) is 0.0262. The van der Waals surface area contributed by atoms with Crippen molar-refractivity contribution in [2.75, 3.05) is 13.2 Å². The van der Waals surface area contributed by atoms with E-state index in [1.807, 2.05) is 0 Å². The highest BCUT2D eigenvalue weighted by molar-refractivity contribution is 5.71. The predicted molar refractivity (Wildman–Crippen MR) is 306 cm³/mol. The molecular weight excluding hydrogens is 877 g/mol. The van der Waals surface area contributed by atoms with Gasteiger partial charge in [0.15, 0.2) is 6.10 Å². The van der Waals surface area contributed by atoms with E-state index in [9.17, 15) is 14.4 Å². The van der Waals surface area contributed by atoms with Crippen molar-refractivity contribution in [3.05, 3.63) is 158 Å². The highest BCUT2D eigenvalue weighted by Gasteiger charge is 2.19. The number of carbonyl (C=O) groups is 3. The molecule has 6 heteroatoms. The van der Waals surface area contributed by atoms with Crippen LogP contribution in [0.15, 0.2) is 158 Å². The molecule has 1 unspecified atom stereocenters. The minimum absolute atomic E-state index is 0.125. The molecule has 0 fully saturated rings. The molecule has 0 bridgehead atoms. The Hall–Kier alpha value is -4.97. The largest absolute Gasteiger partial charge is 0.462 e. The average molecular weight is 978 g/mol. The summed E-state index contributed by atoms with van der Waals surface area (Å²) >= 11 is 0. The van der Waals surface area contributed by atoms with Crippen LogP contribution in [0.3, 0.4) is 0 Å². The maximum absolute atomic E-state index is 12.9. The summed E-state index contributed by atoms with van der Waals surface area (Å²) < 4.78 is 16.8. The van der Waals surface area contributed by atoms with Crippen LogP contribution in [0.1, 0.15) is 213 Å². The third kappa shape index (κ3) is 55.8. The van der Waals surface area contributed by atoms with E-state index in [-0.39, 0.29) is 44.0 Å². The summed E-state index contributed by atoms with van der Waals surface area (Å²) in [4.78, 5) is 38.1. The van der Waals surface area contributed by atoms with Crippen molar-refractivity contribution in [2.45, 2.75) is 219 Å². The second-order valence-corrected chi connectivity index (χ2v) is 17.7. The summed E-state index contributed by atoms with van der Waals surface area (Å²) in [6.45, 7) is 6.20. The van der Waals surface area contributed by atoms with Crippen molar-refractivity contribution in [2.24, 2.45) is 0 Å². The first kappa shape index (κ1) is 66.0. The summed E-state index contributed by atoms with van der Waals surface area (Å²) in [5, 5.41) is 0. The van der Waals surface area contributed by atoms with Gasteiger partial charge in [-0.15, -0.1) is 0 Å². The number of hydrogen-bond donors (Lipinski definition) is 0. The summed E-state index contributed by atoms with van der Waals surface area (Å²) in [6, 6.07) is 0. The SMILES string of the molecule is CC/C=C\C/C=C\C/C=C\C/C=C\C/C=C\C/C=C\CCCCC(=O)OCC(COC(=O)CCCC/C=C\C/C=C\C/C=C\C/C=C\CC)OC(=O)CCCCCCCCC/C=C\C/C=C\C/C=C\CC. The Labute approximate surface area is 435 Å². The molecule has 0 saturated carbocycles. The number of esters is 3. The van der Waals surface area contributed by atoms with Crippen LogP contribution < -0.4 is 0 Å². The monoisotopic (exact) mass is 977 g/mol. The van der Waals surface area contributed by atoms with E-state index in [1.54, 1.807) is 0 Å². The second kappa shape index (κ2) is 57.6. The molecule has 0 aliphatic rings. The number of carbonyl (C=O) groups excluding carboxylic acids is 3. The summed E-state index contributed by atoms with van der Waals surface area (Å²) in [5.41, 5.74) is 0. The highest BCUT2D eigenvalue weighted by Crippen LogP contribution is 2.13. The Balaban J connectivity index is 4.57. The van der Waals surface area contributed by atoms with Crippen LogP contribution >= 0.6 is 0 Å². The van der Waals surface area contributed by atoms with Gasteiger partial charge in [0.2, 0.25) is 0 Å². The van der Waals surface area contributed by atoms with Crippen LogP contribution in [0.5, 0.6) is 0 Å². The molecule has 0 saturated heterocycles. The molecule has 0 aliphatic heterocycles. The van der Waals surface area contributed by atoms with E-state index in [0.717, 1.165) is 141 Å². The van der Waals surface area contributed by atoms with E-state index < -0.39 is 6.10 Å². The molecule has 396 valence electrons. The molecule has 0 spiro atoms. The standard InChI is InChI=1S/C65H100O6/c1-4-7-10-13-16-19-22-25-28-30-31-32-33-35-37-40-43-46-49-52-55-58-64(67)70-61-62(60-69-63(66)57-54-51-48-45-42-39-36-27-24-21-18-15-12-9-6-3)71-65(68)59-56-53-50-47-44-41-38-34-29-26-23-20-17-14-11-8-5-2/h7-12,16-21,25-29,31-32,35-37,42-43,45-46,62H,4-6,13-15,22-24,30,33-34,38-41,44,47-61H2,1-3H3/b10-7-,11-8-,12-9-,19-16-,20-17-,21-18-,28-25-,29-26-,32-31-,36-27-,37-35-,45-42-,46-43-. The van der Waals surface area contributed by atoms with Crippen LogP contribution in [-0.2, 0) is 28.6 Å². The molecule has 71 heavy (non-hydrogen) atoms. The molecule has 0 aromatic rings. The maximum Gasteiger partial charge on any atom is 0.306 e. The van der Waals surface area contributed by atoms with Gasteiger partial charge >= 0.3 is 17.9 Å². The third-order valence-electron chi connectivity index (χ3n) is 11.0. The second-order valence-electron chi connectivity index (χ2n) is 17.7. The first-order valence-electron chi connectivity index (χ1n) is 28.0. The van der Waals surface area contributed by atoms with Gasteiger partial charge in [0.05, 0.1) is 0 Å². The fourth-order valence-corrected chi connectivity index (χ4v) is 6.92. The van der Waals surface area contributed by atoms with E-state index in [2.05, 4.69) is 179 Å². The zero-order valence-corrected chi connectivity index (χ0v) is 45.2. The van der Waals surface area contributed by atoms with Gasteiger partial charge in [-0.1, -0.05) is 211 Å². The molecule has 0 radical (unpaired) electrons. The Morgan fingerprint density at radius 2 is 0.507 bits per heavy atom. The first-order valence-corrected chi connectivity index (χ1v) is 28.0. The van der Waals surface area contributed by atoms with Crippen molar-refractivity contribution in [3.8, 4) is 0 Å². The van der Waals surface area contributed by atoms with Gasteiger partial charge in [0, 0.05) is 19.3 Å². The lowest BCUT2D eigenvalue weighted by molar-refractivity contribution is -0.167. The minimum Gasteiger partial charge on any atom is -0.462 e. The van der Waals surface area contributed by atoms with Gasteiger partial charge in [-0.2, -0.15) is 0 Å². The Morgan fingerprint density at radius 1 is 0.282 bits per heavy atom. The molecule has 0 N–H and O–H groups in total. The summed E-state index contributed by atoms with van der Waals surface area (Å²) in [5.74, 6) is -1.03. The minimum atomic E-state index is -0.827.